The van der Waals surface area contributed by atoms with Crippen molar-refractivity contribution in [1.82, 2.24) is 14.9 Å². The van der Waals surface area contributed by atoms with E-state index in [1.54, 1.807) is 19.1 Å². The van der Waals surface area contributed by atoms with Gasteiger partial charge in [0.2, 0.25) is 11.1 Å². The Morgan fingerprint density at radius 3 is 2.75 bits per heavy atom. The number of aryl methyl sites for hydroxylation is 1. The molecule has 0 aliphatic carbocycles. The molecule has 0 aliphatic rings. The van der Waals surface area contributed by atoms with Crippen LogP contribution in [0.15, 0.2) is 65.8 Å². The van der Waals surface area contributed by atoms with Gasteiger partial charge >= 0.3 is 0 Å². The van der Waals surface area contributed by atoms with Crippen LogP contribution in [0.5, 0.6) is 0 Å². The van der Waals surface area contributed by atoms with E-state index in [2.05, 4.69) is 33.7 Å². The van der Waals surface area contributed by atoms with Crippen LogP contribution in [0.3, 0.4) is 0 Å². The Bertz CT molecular complexity index is 1320. The predicted octanol–water partition coefficient (Wildman–Crippen LogP) is 3.68. The van der Waals surface area contributed by atoms with Crippen LogP contribution in [-0.4, -0.2) is 31.5 Å². The van der Waals surface area contributed by atoms with E-state index in [4.69, 9.17) is 5.84 Å². The topological polar surface area (TPSA) is 129 Å². The van der Waals surface area contributed by atoms with Crippen LogP contribution in [0, 0.1) is 17.0 Å². The van der Waals surface area contributed by atoms with Crippen molar-refractivity contribution in [1.29, 1.82) is 0 Å². The fourth-order valence-electron chi connectivity index (χ4n) is 3.35. The number of nitrogens with two attached hydrogens (primary N) is 1. The van der Waals surface area contributed by atoms with Crippen molar-refractivity contribution in [3.63, 3.8) is 0 Å². The maximum absolute atomic E-state index is 12.3. The van der Waals surface area contributed by atoms with Crippen molar-refractivity contribution in [2.24, 2.45) is 0 Å². The van der Waals surface area contributed by atoms with Crippen molar-refractivity contribution in [3.05, 3.63) is 87.7 Å². The molecule has 4 aromatic rings. The van der Waals surface area contributed by atoms with Gasteiger partial charge in [0, 0.05) is 23.7 Å². The smallest absolute Gasteiger partial charge is 0.274 e. The number of rotatable bonds is 7. The zero-order valence-electron chi connectivity index (χ0n) is 17.2. The zero-order valence-corrected chi connectivity index (χ0v) is 18.0. The zero-order chi connectivity index (χ0) is 22.7. The van der Waals surface area contributed by atoms with Gasteiger partial charge in [-0.3, -0.25) is 14.9 Å². The molecule has 0 radical (unpaired) electrons. The second kappa shape index (κ2) is 9.06. The van der Waals surface area contributed by atoms with Crippen LogP contribution >= 0.6 is 11.8 Å². The van der Waals surface area contributed by atoms with Crippen LogP contribution in [0.1, 0.15) is 17.0 Å². The number of anilines is 1. The molecule has 0 saturated heterocycles. The summed E-state index contributed by atoms with van der Waals surface area (Å²) in [6.07, 6.45) is 0.505. The van der Waals surface area contributed by atoms with Crippen molar-refractivity contribution >= 4 is 39.8 Å². The lowest BCUT2D eigenvalue weighted by atomic mass is 10.0. The standard InChI is InChI=1S/C22H20N6O3S/c1-14-9-10-17(12-19(14)28(30)31)24-21(29)13-32-22-26-25-20(27(22)23)11-16-7-4-6-15-5-2-3-8-18(15)16/h2-10,12H,11,13,23H2,1H3,(H,24,29). The highest BCUT2D eigenvalue weighted by atomic mass is 32.2. The molecule has 0 aliphatic heterocycles. The number of hydrogen-bond donors (Lipinski definition) is 2. The Hall–Kier alpha value is -3.92. The molecule has 1 amide bonds. The fourth-order valence-corrected chi connectivity index (χ4v) is 4.03. The molecule has 0 bridgehead atoms. The van der Waals surface area contributed by atoms with Crippen LogP contribution in [0.25, 0.3) is 10.8 Å². The Morgan fingerprint density at radius 2 is 1.94 bits per heavy atom. The van der Waals surface area contributed by atoms with Crippen molar-refractivity contribution in [2.45, 2.75) is 18.5 Å². The van der Waals surface area contributed by atoms with E-state index in [1.807, 2.05) is 24.3 Å². The summed E-state index contributed by atoms with van der Waals surface area (Å²) < 4.78 is 1.39. The number of nitrogen functional groups attached to an aromatic ring is 1. The number of amides is 1. The van der Waals surface area contributed by atoms with Gasteiger partial charge in [0.25, 0.3) is 5.69 Å². The summed E-state index contributed by atoms with van der Waals surface area (Å²) in [6, 6.07) is 18.7. The van der Waals surface area contributed by atoms with Gasteiger partial charge in [-0.25, -0.2) is 4.68 Å². The molecule has 4 rings (SSSR count). The maximum atomic E-state index is 12.3. The summed E-state index contributed by atoms with van der Waals surface area (Å²) in [5.74, 6) is 6.46. The van der Waals surface area contributed by atoms with Crippen LogP contribution in [-0.2, 0) is 11.2 Å². The average Bonchev–Trinajstić information content (AvgIpc) is 3.13. The third-order valence-electron chi connectivity index (χ3n) is 4.99. The number of fused-ring (bicyclic) bond motifs is 1. The fraction of sp³-hybridized carbons (Fsp3) is 0.136. The highest BCUT2D eigenvalue weighted by Gasteiger charge is 2.15. The third-order valence-corrected chi connectivity index (χ3v) is 5.93. The molecule has 0 spiro atoms. The lowest BCUT2D eigenvalue weighted by Crippen LogP contribution is -2.17. The van der Waals surface area contributed by atoms with Gasteiger partial charge in [0.1, 0.15) is 0 Å². The van der Waals surface area contributed by atoms with Gasteiger partial charge in [0.15, 0.2) is 5.82 Å². The first-order chi connectivity index (χ1) is 15.4. The number of carbonyl (C=O) groups is 1. The molecule has 0 saturated carbocycles. The highest BCUT2D eigenvalue weighted by Crippen LogP contribution is 2.24. The summed E-state index contributed by atoms with van der Waals surface area (Å²) >= 11 is 1.14. The van der Waals surface area contributed by atoms with Crippen LogP contribution in [0.2, 0.25) is 0 Å². The third kappa shape index (κ3) is 4.54. The van der Waals surface area contributed by atoms with E-state index in [0.29, 0.717) is 28.7 Å². The summed E-state index contributed by atoms with van der Waals surface area (Å²) in [5.41, 5.74) is 1.92. The minimum atomic E-state index is -0.478. The molecule has 10 heteroatoms. The predicted molar refractivity (Wildman–Crippen MR) is 124 cm³/mol. The lowest BCUT2D eigenvalue weighted by Gasteiger charge is -2.07. The van der Waals surface area contributed by atoms with E-state index in [1.165, 1.54) is 10.7 Å². The highest BCUT2D eigenvalue weighted by molar-refractivity contribution is 7.99. The molecular weight excluding hydrogens is 428 g/mol. The Balaban J connectivity index is 1.41. The molecule has 0 unspecified atom stereocenters. The molecule has 1 aromatic heterocycles. The number of carbonyl (C=O) groups excluding carboxylic acids is 1. The van der Waals surface area contributed by atoms with E-state index < -0.39 is 4.92 Å². The number of benzene rings is 3. The Morgan fingerprint density at radius 1 is 1.16 bits per heavy atom. The van der Waals surface area contributed by atoms with E-state index in [-0.39, 0.29) is 17.3 Å². The van der Waals surface area contributed by atoms with Crippen molar-refractivity contribution in [2.75, 3.05) is 16.9 Å². The number of thioether (sulfide) groups is 1. The molecule has 3 N–H and O–H groups in total. The van der Waals surface area contributed by atoms with Gasteiger partial charge in [-0.15, -0.1) is 10.2 Å². The number of nitrogens with one attached hydrogen (secondary N) is 1. The molecule has 9 nitrogen and oxygen atoms in total. The van der Waals surface area contributed by atoms with E-state index in [0.717, 1.165) is 28.1 Å². The van der Waals surface area contributed by atoms with Gasteiger partial charge in [0.05, 0.1) is 10.7 Å². The average molecular weight is 449 g/mol. The normalized spacial score (nSPS) is 10.9. The van der Waals surface area contributed by atoms with Crippen molar-refractivity contribution in [3.8, 4) is 0 Å². The second-order valence-electron chi connectivity index (χ2n) is 7.18. The lowest BCUT2D eigenvalue weighted by molar-refractivity contribution is -0.385. The molecule has 162 valence electrons. The minimum Gasteiger partial charge on any atom is -0.336 e. The van der Waals surface area contributed by atoms with E-state index in [9.17, 15) is 14.9 Å². The van der Waals surface area contributed by atoms with Crippen molar-refractivity contribution < 1.29 is 9.72 Å². The summed E-state index contributed by atoms with van der Waals surface area (Å²) in [4.78, 5) is 22.9. The van der Waals surface area contributed by atoms with Gasteiger partial charge in [-0.1, -0.05) is 60.3 Å². The molecular formula is C22H20N6O3S. The number of aromatic nitrogens is 3. The molecule has 32 heavy (non-hydrogen) atoms. The van der Waals surface area contributed by atoms with Crippen LogP contribution < -0.4 is 11.2 Å². The SMILES string of the molecule is Cc1ccc(NC(=O)CSc2nnc(Cc3cccc4ccccc34)n2N)cc1[N+](=O)[O-]. The molecule has 3 aromatic carbocycles. The van der Waals surface area contributed by atoms with Gasteiger partial charge < -0.3 is 11.2 Å². The first kappa shape index (κ1) is 21.3. The molecule has 0 fully saturated rings. The largest absolute Gasteiger partial charge is 0.336 e. The summed E-state index contributed by atoms with van der Waals surface area (Å²) in [5, 5.41) is 24.7. The minimum absolute atomic E-state index is 0.0330. The summed E-state index contributed by atoms with van der Waals surface area (Å²) in [7, 11) is 0. The van der Waals surface area contributed by atoms with Crippen LogP contribution in [0.4, 0.5) is 11.4 Å². The number of nitro benzene ring substituents is 1. The maximum Gasteiger partial charge on any atom is 0.274 e. The Labute approximate surface area is 187 Å². The number of nitro groups is 1. The first-order valence-corrected chi connectivity index (χ1v) is 10.7. The second-order valence-corrected chi connectivity index (χ2v) is 8.12. The van der Waals surface area contributed by atoms with Gasteiger partial charge in [-0.2, -0.15) is 0 Å². The summed E-state index contributed by atoms with van der Waals surface area (Å²) in [6.45, 7) is 1.64. The molecule has 0 atom stereocenters. The first-order valence-electron chi connectivity index (χ1n) is 9.76. The number of hydrogen-bond acceptors (Lipinski definition) is 7. The monoisotopic (exact) mass is 448 g/mol. The quantitative estimate of drug-likeness (QED) is 0.191. The van der Waals surface area contributed by atoms with Gasteiger partial charge in [-0.05, 0) is 29.3 Å². The van der Waals surface area contributed by atoms with E-state index >= 15 is 0 Å². The Kier molecular flexibility index (Phi) is 6.04. The number of nitrogens with zero attached hydrogens (tertiary/aromatic N) is 4. The molecule has 1 heterocycles.